The third-order valence-corrected chi connectivity index (χ3v) is 4.40. The van der Waals surface area contributed by atoms with Crippen LogP contribution in [0, 0.1) is 5.92 Å². The predicted octanol–water partition coefficient (Wildman–Crippen LogP) is 3.39. The number of hydrogen-bond donors (Lipinski definition) is 2. The molecular weight excluding hydrogens is 286 g/mol. The van der Waals surface area contributed by atoms with Crippen molar-refractivity contribution < 1.29 is 9.84 Å². The standard InChI is InChI=1S/C17H26ClNO2/c1-13-2-8-16(9-3-13)19-10-17(20)12-21-11-14-4-6-15(18)7-5-14/h4-7,13,16-17,19-20H,2-3,8-12H2,1H3. The minimum Gasteiger partial charge on any atom is -0.389 e. The quantitative estimate of drug-likeness (QED) is 0.811. The number of benzene rings is 1. The molecule has 0 amide bonds. The lowest BCUT2D eigenvalue weighted by Crippen LogP contribution is -2.39. The lowest BCUT2D eigenvalue weighted by atomic mass is 9.87. The topological polar surface area (TPSA) is 41.5 Å². The molecular formula is C17H26ClNO2. The van der Waals surface area contributed by atoms with Crippen LogP contribution in [0.4, 0.5) is 0 Å². The van der Waals surface area contributed by atoms with Crippen LogP contribution in [0.2, 0.25) is 5.02 Å². The molecule has 0 radical (unpaired) electrons. The zero-order valence-corrected chi connectivity index (χ0v) is 13.5. The number of ether oxygens (including phenoxy) is 1. The maximum absolute atomic E-state index is 9.95. The molecule has 4 heteroatoms. The van der Waals surface area contributed by atoms with Gasteiger partial charge in [0.15, 0.2) is 0 Å². The highest BCUT2D eigenvalue weighted by Gasteiger charge is 2.18. The van der Waals surface area contributed by atoms with Crippen LogP contribution in [-0.4, -0.2) is 30.4 Å². The van der Waals surface area contributed by atoms with Crippen molar-refractivity contribution >= 4 is 11.6 Å². The molecule has 118 valence electrons. The van der Waals surface area contributed by atoms with Crippen LogP contribution in [0.3, 0.4) is 0 Å². The van der Waals surface area contributed by atoms with E-state index < -0.39 is 6.10 Å². The van der Waals surface area contributed by atoms with Crippen molar-refractivity contribution in [1.82, 2.24) is 5.32 Å². The molecule has 0 bridgehead atoms. The highest BCUT2D eigenvalue weighted by molar-refractivity contribution is 6.30. The van der Waals surface area contributed by atoms with E-state index in [4.69, 9.17) is 16.3 Å². The summed E-state index contributed by atoms with van der Waals surface area (Å²) in [5, 5.41) is 14.1. The van der Waals surface area contributed by atoms with Gasteiger partial charge in [0.05, 0.1) is 19.3 Å². The van der Waals surface area contributed by atoms with E-state index in [-0.39, 0.29) is 0 Å². The van der Waals surface area contributed by atoms with Crippen molar-refractivity contribution in [2.24, 2.45) is 5.92 Å². The molecule has 1 saturated carbocycles. The maximum atomic E-state index is 9.95. The Morgan fingerprint density at radius 2 is 1.90 bits per heavy atom. The smallest absolute Gasteiger partial charge is 0.0897 e. The van der Waals surface area contributed by atoms with Gasteiger partial charge in [0.2, 0.25) is 0 Å². The lowest BCUT2D eigenvalue weighted by Gasteiger charge is -2.27. The minimum absolute atomic E-state index is 0.360. The average Bonchev–Trinajstić information content (AvgIpc) is 2.49. The largest absolute Gasteiger partial charge is 0.389 e. The fourth-order valence-electron chi connectivity index (χ4n) is 2.72. The second-order valence-electron chi connectivity index (χ2n) is 6.16. The SMILES string of the molecule is CC1CCC(NCC(O)COCc2ccc(Cl)cc2)CC1. The van der Waals surface area contributed by atoms with Crippen molar-refractivity contribution in [3.8, 4) is 0 Å². The first-order chi connectivity index (χ1) is 10.1. The number of hydrogen-bond acceptors (Lipinski definition) is 3. The van der Waals surface area contributed by atoms with Gasteiger partial charge in [-0.3, -0.25) is 0 Å². The van der Waals surface area contributed by atoms with E-state index in [2.05, 4.69) is 12.2 Å². The summed E-state index contributed by atoms with van der Waals surface area (Å²) in [6.45, 7) is 3.79. The molecule has 1 atom stereocenters. The molecule has 3 nitrogen and oxygen atoms in total. The zero-order chi connectivity index (χ0) is 15.1. The highest BCUT2D eigenvalue weighted by atomic mass is 35.5. The Morgan fingerprint density at radius 3 is 2.57 bits per heavy atom. The molecule has 1 aromatic rings. The van der Waals surface area contributed by atoms with Crippen LogP contribution in [0.1, 0.15) is 38.2 Å². The van der Waals surface area contributed by atoms with Gasteiger partial charge in [-0.1, -0.05) is 30.7 Å². The summed E-state index contributed by atoms with van der Waals surface area (Å²) in [6, 6.07) is 8.14. The van der Waals surface area contributed by atoms with E-state index in [1.54, 1.807) is 0 Å². The van der Waals surface area contributed by atoms with Crippen molar-refractivity contribution in [3.63, 3.8) is 0 Å². The molecule has 1 aliphatic carbocycles. The van der Waals surface area contributed by atoms with Crippen LogP contribution in [0.15, 0.2) is 24.3 Å². The fourth-order valence-corrected chi connectivity index (χ4v) is 2.85. The van der Waals surface area contributed by atoms with Gasteiger partial charge in [0.25, 0.3) is 0 Å². The maximum Gasteiger partial charge on any atom is 0.0897 e. The van der Waals surface area contributed by atoms with E-state index in [9.17, 15) is 5.11 Å². The first-order valence-corrected chi connectivity index (χ1v) is 8.25. The molecule has 0 saturated heterocycles. The Morgan fingerprint density at radius 1 is 1.24 bits per heavy atom. The van der Waals surface area contributed by atoms with Crippen LogP contribution in [-0.2, 0) is 11.3 Å². The summed E-state index contributed by atoms with van der Waals surface area (Å²) in [4.78, 5) is 0. The molecule has 2 N–H and O–H groups in total. The molecule has 2 rings (SSSR count). The van der Waals surface area contributed by atoms with Gasteiger partial charge < -0.3 is 15.2 Å². The van der Waals surface area contributed by atoms with Crippen molar-refractivity contribution in [2.45, 2.75) is 51.4 Å². The van der Waals surface area contributed by atoms with Crippen molar-refractivity contribution in [2.75, 3.05) is 13.2 Å². The summed E-state index contributed by atoms with van der Waals surface area (Å²) in [5.41, 5.74) is 1.07. The lowest BCUT2D eigenvalue weighted by molar-refractivity contribution is 0.0268. The first-order valence-electron chi connectivity index (χ1n) is 7.87. The summed E-state index contributed by atoms with van der Waals surface area (Å²) >= 11 is 5.83. The number of rotatable bonds is 7. The van der Waals surface area contributed by atoms with E-state index in [1.807, 2.05) is 24.3 Å². The van der Waals surface area contributed by atoms with Gasteiger partial charge in [-0.25, -0.2) is 0 Å². The third kappa shape index (κ3) is 6.35. The summed E-state index contributed by atoms with van der Waals surface area (Å²) in [7, 11) is 0. The summed E-state index contributed by atoms with van der Waals surface area (Å²) in [5.74, 6) is 0.857. The second kappa shape index (κ2) is 8.74. The molecule has 0 aromatic heterocycles. The summed E-state index contributed by atoms with van der Waals surface area (Å²) < 4.78 is 5.55. The van der Waals surface area contributed by atoms with Crippen LogP contribution in [0.5, 0.6) is 0 Å². The Hall–Kier alpha value is -0.610. The van der Waals surface area contributed by atoms with Gasteiger partial charge in [-0.2, -0.15) is 0 Å². The molecule has 1 fully saturated rings. The molecule has 21 heavy (non-hydrogen) atoms. The zero-order valence-electron chi connectivity index (χ0n) is 12.7. The van der Waals surface area contributed by atoms with E-state index in [0.29, 0.717) is 25.8 Å². The second-order valence-corrected chi connectivity index (χ2v) is 6.60. The van der Waals surface area contributed by atoms with Gasteiger partial charge in [-0.05, 0) is 49.3 Å². The molecule has 1 unspecified atom stereocenters. The third-order valence-electron chi connectivity index (χ3n) is 4.15. The van der Waals surface area contributed by atoms with Gasteiger partial charge in [-0.15, -0.1) is 0 Å². The number of aliphatic hydroxyl groups is 1. The molecule has 0 aliphatic heterocycles. The average molecular weight is 312 g/mol. The number of aliphatic hydroxyl groups excluding tert-OH is 1. The Labute approximate surface area is 132 Å². The van der Waals surface area contributed by atoms with Crippen LogP contribution >= 0.6 is 11.6 Å². The predicted molar refractivity (Wildman–Crippen MR) is 86.5 cm³/mol. The highest BCUT2D eigenvalue weighted by Crippen LogP contribution is 2.23. The number of halogens is 1. The van der Waals surface area contributed by atoms with Gasteiger partial charge in [0, 0.05) is 17.6 Å². The first kappa shape index (κ1) is 16.8. The van der Waals surface area contributed by atoms with Crippen molar-refractivity contribution in [3.05, 3.63) is 34.9 Å². The van der Waals surface area contributed by atoms with Crippen molar-refractivity contribution in [1.29, 1.82) is 0 Å². The van der Waals surface area contributed by atoms with Crippen LogP contribution < -0.4 is 5.32 Å². The molecule has 0 heterocycles. The van der Waals surface area contributed by atoms with Gasteiger partial charge in [0.1, 0.15) is 0 Å². The number of nitrogens with one attached hydrogen (secondary N) is 1. The Kier molecular flexibility index (Phi) is 6.97. The molecule has 1 aromatic carbocycles. The van der Waals surface area contributed by atoms with E-state index >= 15 is 0 Å². The van der Waals surface area contributed by atoms with Gasteiger partial charge >= 0.3 is 0 Å². The van der Waals surface area contributed by atoms with E-state index in [0.717, 1.165) is 16.5 Å². The molecule has 1 aliphatic rings. The van der Waals surface area contributed by atoms with E-state index in [1.165, 1.54) is 25.7 Å². The molecule has 0 spiro atoms. The Bertz CT molecular complexity index is 402. The monoisotopic (exact) mass is 311 g/mol. The summed E-state index contributed by atoms with van der Waals surface area (Å²) in [6.07, 6.45) is 4.58. The Balaban J connectivity index is 1.57. The normalized spacial score (nSPS) is 24.0. The fraction of sp³-hybridized carbons (Fsp3) is 0.647. The van der Waals surface area contributed by atoms with Crippen LogP contribution in [0.25, 0.3) is 0 Å². The minimum atomic E-state index is -0.448.